The molecule has 0 bridgehead atoms. The number of likely N-dealkylation sites (N-methyl/N-ethyl adjacent to an activating group) is 1. The number of β-lactam (4-membered cyclic amide) rings is 1. The fraction of sp³-hybridized carbons (Fsp3) is 0.739. The van der Waals surface area contributed by atoms with Gasteiger partial charge < -0.3 is 25.5 Å². The quantitative estimate of drug-likeness (QED) is 0.409. The van der Waals surface area contributed by atoms with Crippen LogP contribution in [0.15, 0.2) is 10.6 Å². The molecule has 3 aliphatic rings. The van der Waals surface area contributed by atoms with Gasteiger partial charge in [0.1, 0.15) is 5.70 Å². The van der Waals surface area contributed by atoms with Crippen molar-refractivity contribution in [2.45, 2.75) is 70.1 Å². The Hall–Kier alpha value is -2.14. The third-order valence-corrected chi connectivity index (χ3v) is 8.30. The predicted molar refractivity (Wildman–Crippen MR) is 126 cm³/mol. The molecule has 190 valence electrons. The van der Waals surface area contributed by atoms with Crippen molar-refractivity contribution >= 4 is 35.5 Å². The van der Waals surface area contributed by atoms with Crippen molar-refractivity contribution in [3.63, 3.8) is 0 Å². The van der Waals surface area contributed by atoms with E-state index < -0.39 is 36.0 Å². The van der Waals surface area contributed by atoms with Crippen LogP contribution in [0, 0.1) is 17.8 Å². The zero-order valence-electron chi connectivity index (χ0n) is 20.5. The van der Waals surface area contributed by atoms with Gasteiger partial charge in [0.25, 0.3) is 5.91 Å². The molecule has 3 N–H and O–H groups in total. The van der Waals surface area contributed by atoms with E-state index in [2.05, 4.69) is 10.6 Å². The van der Waals surface area contributed by atoms with Crippen molar-refractivity contribution in [2.75, 3.05) is 20.6 Å². The summed E-state index contributed by atoms with van der Waals surface area (Å²) in [7, 11) is 3.39. The zero-order valence-corrected chi connectivity index (χ0v) is 21.3. The molecule has 11 heteroatoms. The molecule has 7 atom stereocenters. The first-order valence-corrected chi connectivity index (χ1v) is 12.6. The Morgan fingerprint density at radius 2 is 1.94 bits per heavy atom. The first-order chi connectivity index (χ1) is 15.8. The van der Waals surface area contributed by atoms with Crippen LogP contribution < -0.4 is 10.6 Å². The topological polar surface area (TPSA) is 119 Å². The average Bonchev–Trinajstić information content (AvgIpc) is 3.29. The summed E-state index contributed by atoms with van der Waals surface area (Å²) in [6, 6.07) is -1.35. The van der Waals surface area contributed by atoms with Gasteiger partial charge in [-0.15, -0.1) is 11.8 Å². The predicted octanol–water partition coefficient (Wildman–Crippen LogP) is 1.20. The van der Waals surface area contributed by atoms with E-state index >= 15 is 0 Å². The molecule has 0 aromatic heterocycles. The summed E-state index contributed by atoms with van der Waals surface area (Å²) in [5.74, 6) is -3.17. The second-order valence-corrected chi connectivity index (χ2v) is 11.4. The lowest BCUT2D eigenvalue weighted by Gasteiger charge is -2.47. The monoisotopic (exact) mass is 498 g/mol. The van der Waals surface area contributed by atoms with Crippen LogP contribution in [0.4, 0.5) is 4.39 Å². The molecule has 2 unspecified atom stereocenters. The third kappa shape index (κ3) is 4.95. The smallest absolute Gasteiger partial charge is 0.353 e. The van der Waals surface area contributed by atoms with E-state index in [4.69, 9.17) is 0 Å². The van der Waals surface area contributed by atoms with Crippen LogP contribution in [0.2, 0.25) is 0 Å². The number of amides is 3. The van der Waals surface area contributed by atoms with Gasteiger partial charge in [0.15, 0.2) is 6.17 Å². The van der Waals surface area contributed by atoms with Crippen LogP contribution in [-0.2, 0) is 19.2 Å². The lowest BCUT2D eigenvalue weighted by molar-refractivity contribution is -0.158. The number of carboxylic acids is 1. The standard InChI is InChI=1S/C23H35FN4O5S/c1-10(2)7-14(24)20(29)26-12(4)16-17-11(3)19(18(23(32)33)28(17)22(16)31)34-13-8-15(25-9-13)21(30)27(5)6/h10-17,25H,7-9H2,1-6H3,(H,26,29)(H,32,33)/t11-,12?,13+,14?,15+,16-,17-/m1/s1. The van der Waals surface area contributed by atoms with E-state index in [-0.39, 0.29) is 47.1 Å². The van der Waals surface area contributed by atoms with Crippen LogP contribution in [-0.4, -0.2) is 88.8 Å². The van der Waals surface area contributed by atoms with E-state index in [1.807, 2.05) is 20.8 Å². The van der Waals surface area contributed by atoms with E-state index in [0.717, 1.165) is 0 Å². The number of halogens is 1. The van der Waals surface area contributed by atoms with Crippen molar-refractivity contribution in [1.82, 2.24) is 20.4 Å². The van der Waals surface area contributed by atoms with Crippen molar-refractivity contribution < 1.29 is 28.7 Å². The molecule has 3 amide bonds. The maximum Gasteiger partial charge on any atom is 0.353 e. The summed E-state index contributed by atoms with van der Waals surface area (Å²) in [6.07, 6.45) is -0.991. The molecule has 2 fully saturated rings. The number of carboxylic acid groups (broad SMARTS) is 1. The Labute approximate surface area is 203 Å². The van der Waals surface area contributed by atoms with Crippen LogP contribution in [0.5, 0.6) is 0 Å². The number of fused-ring (bicyclic) bond motifs is 1. The Kier molecular flexibility index (Phi) is 7.96. The third-order valence-electron chi connectivity index (χ3n) is 6.79. The van der Waals surface area contributed by atoms with Crippen molar-refractivity contribution in [3.8, 4) is 0 Å². The van der Waals surface area contributed by atoms with Crippen LogP contribution in [0.1, 0.15) is 40.5 Å². The Bertz CT molecular complexity index is 895. The molecule has 0 aromatic carbocycles. The highest BCUT2D eigenvalue weighted by Crippen LogP contribution is 2.51. The number of carbonyl (C=O) groups is 4. The molecule has 34 heavy (non-hydrogen) atoms. The molecular weight excluding hydrogens is 463 g/mol. The van der Waals surface area contributed by atoms with Gasteiger partial charge in [-0.1, -0.05) is 20.8 Å². The molecule has 0 spiro atoms. The Balaban J connectivity index is 1.71. The minimum atomic E-state index is -1.65. The number of carbonyl (C=O) groups excluding carboxylic acids is 3. The zero-order chi connectivity index (χ0) is 25.5. The first kappa shape index (κ1) is 26.5. The van der Waals surface area contributed by atoms with Gasteiger partial charge in [-0.3, -0.25) is 14.4 Å². The van der Waals surface area contributed by atoms with Crippen molar-refractivity contribution in [3.05, 3.63) is 10.6 Å². The summed E-state index contributed by atoms with van der Waals surface area (Å²) in [5.41, 5.74) is -0.0205. The van der Waals surface area contributed by atoms with Crippen LogP contribution in [0.3, 0.4) is 0 Å². The number of rotatable bonds is 9. The Morgan fingerprint density at radius 1 is 1.29 bits per heavy atom. The highest BCUT2D eigenvalue weighted by atomic mass is 32.2. The summed E-state index contributed by atoms with van der Waals surface area (Å²) >= 11 is 1.41. The Morgan fingerprint density at radius 3 is 2.50 bits per heavy atom. The maximum atomic E-state index is 14.2. The molecule has 3 rings (SSSR count). The van der Waals surface area contributed by atoms with E-state index in [9.17, 15) is 28.7 Å². The fourth-order valence-corrected chi connectivity index (χ4v) is 6.57. The second kappa shape index (κ2) is 10.2. The number of nitrogens with zero attached hydrogens (tertiary/aromatic N) is 2. The van der Waals surface area contributed by atoms with Gasteiger partial charge in [0.05, 0.1) is 18.0 Å². The van der Waals surface area contributed by atoms with E-state index in [1.165, 1.54) is 21.6 Å². The lowest BCUT2D eigenvalue weighted by Crippen LogP contribution is -2.66. The van der Waals surface area contributed by atoms with Crippen molar-refractivity contribution in [1.29, 1.82) is 0 Å². The number of aliphatic carboxylic acids is 1. The number of hydrogen-bond acceptors (Lipinski definition) is 6. The molecule has 3 heterocycles. The number of alkyl halides is 1. The van der Waals surface area contributed by atoms with Gasteiger partial charge in [-0.2, -0.15) is 0 Å². The normalized spacial score (nSPS) is 30.2. The van der Waals surface area contributed by atoms with Crippen LogP contribution >= 0.6 is 11.8 Å². The second-order valence-electron chi connectivity index (χ2n) is 10.1. The fourth-order valence-electron chi connectivity index (χ4n) is 5.09. The summed E-state index contributed by atoms with van der Waals surface area (Å²) in [4.78, 5) is 53.1. The van der Waals surface area contributed by atoms with Gasteiger partial charge in [-0.25, -0.2) is 9.18 Å². The molecule has 9 nitrogen and oxygen atoms in total. The van der Waals surface area contributed by atoms with Gasteiger partial charge in [0.2, 0.25) is 11.8 Å². The molecular formula is C23H35FN4O5S. The van der Waals surface area contributed by atoms with E-state index in [1.54, 1.807) is 21.0 Å². The molecule has 0 saturated carbocycles. The molecule has 0 aliphatic carbocycles. The van der Waals surface area contributed by atoms with Gasteiger partial charge in [0, 0.05) is 42.8 Å². The van der Waals surface area contributed by atoms with E-state index in [0.29, 0.717) is 17.9 Å². The minimum absolute atomic E-state index is 0.00610. The summed E-state index contributed by atoms with van der Waals surface area (Å²) in [5, 5.41) is 15.7. The lowest BCUT2D eigenvalue weighted by atomic mass is 9.78. The summed E-state index contributed by atoms with van der Waals surface area (Å²) in [6.45, 7) is 7.75. The molecule has 0 radical (unpaired) electrons. The maximum absolute atomic E-state index is 14.2. The summed E-state index contributed by atoms with van der Waals surface area (Å²) < 4.78 is 14.2. The highest BCUT2D eigenvalue weighted by Gasteiger charge is 2.60. The SMILES string of the molecule is CC(C)CC(F)C(=O)NC(C)[C@H]1C(=O)N2C(C(=O)O)=C(S[C@@H]3CN[C@H](C(=O)N(C)C)C3)[C@H](C)[C@H]12. The first-order valence-electron chi connectivity index (χ1n) is 11.7. The average molecular weight is 499 g/mol. The highest BCUT2D eigenvalue weighted by molar-refractivity contribution is 8.03. The van der Waals surface area contributed by atoms with Crippen molar-refractivity contribution in [2.24, 2.45) is 17.8 Å². The number of hydrogen-bond donors (Lipinski definition) is 3. The molecule has 2 saturated heterocycles. The largest absolute Gasteiger partial charge is 0.477 e. The van der Waals surface area contributed by atoms with Gasteiger partial charge in [-0.05, 0) is 25.7 Å². The number of nitrogens with one attached hydrogen (secondary N) is 2. The minimum Gasteiger partial charge on any atom is -0.477 e. The molecule has 3 aliphatic heterocycles. The van der Waals surface area contributed by atoms with Crippen LogP contribution in [0.25, 0.3) is 0 Å². The molecule has 0 aromatic rings. The number of thioether (sulfide) groups is 1. The van der Waals surface area contributed by atoms with Gasteiger partial charge >= 0.3 is 5.97 Å².